The minimum absolute atomic E-state index is 0.233. The van der Waals surface area contributed by atoms with Crippen molar-refractivity contribution in [2.24, 2.45) is 0 Å². The SMILES string of the molecule is C=C(C)CN1C(=O)[C@](O)(CC(=O)c2cccs2)c2ccccc21. The number of aliphatic hydroxyl groups is 1. The summed E-state index contributed by atoms with van der Waals surface area (Å²) in [5.41, 5.74) is 0.118. The minimum atomic E-state index is -1.81. The molecule has 4 nitrogen and oxygen atoms in total. The largest absolute Gasteiger partial charge is 0.375 e. The molecule has 0 spiro atoms. The van der Waals surface area contributed by atoms with Crippen molar-refractivity contribution in [1.82, 2.24) is 0 Å². The second-order valence-corrected chi connectivity index (χ2v) is 6.75. The highest BCUT2D eigenvalue weighted by atomic mass is 32.1. The highest BCUT2D eigenvalue weighted by molar-refractivity contribution is 7.12. The van der Waals surface area contributed by atoms with Crippen molar-refractivity contribution in [3.05, 3.63) is 64.4 Å². The van der Waals surface area contributed by atoms with Gasteiger partial charge in [0.1, 0.15) is 0 Å². The maximum Gasteiger partial charge on any atom is 0.264 e. The van der Waals surface area contributed by atoms with Gasteiger partial charge in [0.05, 0.1) is 17.0 Å². The first kappa shape index (κ1) is 15.6. The van der Waals surface area contributed by atoms with Crippen LogP contribution in [-0.4, -0.2) is 23.3 Å². The van der Waals surface area contributed by atoms with Crippen LogP contribution in [0.4, 0.5) is 5.69 Å². The summed E-state index contributed by atoms with van der Waals surface area (Å²) in [6.07, 6.45) is -0.254. The van der Waals surface area contributed by atoms with Crippen LogP contribution in [0.5, 0.6) is 0 Å². The van der Waals surface area contributed by atoms with Crippen molar-refractivity contribution in [2.75, 3.05) is 11.4 Å². The third kappa shape index (κ3) is 2.62. The van der Waals surface area contributed by atoms with Crippen molar-refractivity contribution in [2.45, 2.75) is 18.9 Å². The standard InChI is InChI=1S/C18H17NO3S/c1-12(2)11-19-14-7-4-3-6-13(14)18(22,17(19)21)10-15(20)16-8-5-9-23-16/h3-9,22H,1,10-11H2,2H3/t18-/m0/s1. The number of thiophene rings is 1. The second-order valence-electron chi connectivity index (χ2n) is 5.80. The van der Waals surface area contributed by atoms with E-state index in [-0.39, 0.29) is 12.2 Å². The lowest BCUT2D eigenvalue weighted by molar-refractivity contribution is -0.135. The van der Waals surface area contributed by atoms with Crippen LogP contribution in [0.25, 0.3) is 0 Å². The Balaban J connectivity index is 1.99. The number of fused-ring (bicyclic) bond motifs is 1. The van der Waals surface area contributed by atoms with E-state index in [0.717, 1.165) is 5.57 Å². The van der Waals surface area contributed by atoms with Crippen molar-refractivity contribution >= 4 is 28.7 Å². The predicted molar refractivity (Wildman–Crippen MR) is 90.8 cm³/mol. The average molecular weight is 327 g/mol. The molecule has 1 amide bonds. The van der Waals surface area contributed by atoms with Gasteiger partial charge in [-0.15, -0.1) is 11.3 Å². The zero-order valence-electron chi connectivity index (χ0n) is 12.8. The van der Waals surface area contributed by atoms with E-state index >= 15 is 0 Å². The number of amides is 1. The third-order valence-electron chi connectivity index (χ3n) is 3.88. The van der Waals surface area contributed by atoms with Gasteiger partial charge in [-0.25, -0.2) is 0 Å². The lowest BCUT2D eigenvalue weighted by atomic mass is 9.89. The van der Waals surface area contributed by atoms with Crippen LogP contribution >= 0.6 is 11.3 Å². The smallest absolute Gasteiger partial charge is 0.264 e. The fourth-order valence-corrected chi connectivity index (χ4v) is 3.53. The van der Waals surface area contributed by atoms with Crippen LogP contribution in [-0.2, 0) is 10.4 Å². The molecule has 23 heavy (non-hydrogen) atoms. The number of para-hydroxylation sites is 1. The summed E-state index contributed by atoms with van der Waals surface area (Å²) in [5, 5.41) is 12.8. The highest BCUT2D eigenvalue weighted by Crippen LogP contribution is 2.43. The Morgan fingerprint density at radius 3 is 2.70 bits per heavy atom. The monoisotopic (exact) mass is 327 g/mol. The van der Waals surface area contributed by atoms with E-state index in [2.05, 4.69) is 6.58 Å². The van der Waals surface area contributed by atoms with Crippen LogP contribution < -0.4 is 4.90 Å². The summed E-state index contributed by atoms with van der Waals surface area (Å²) in [5.74, 6) is -0.700. The molecule has 2 heterocycles. The molecule has 1 atom stereocenters. The zero-order valence-corrected chi connectivity index (χ0v) is 13.6. The van der Waals surface area contributed by atoms with Gasteiger partial charge < -0.3 is 10.0 Å². The molecule has 3 rings (SSSR count). The molecule has 2 aromatic rings. The zero-order chi connectivity index (χ0) is 16.6. The lowest BCUT2D eigenvalue weighted by Gasteiger charge is -2.22. The predicted octanol–water partition coefficient (Wildman–Crippen LogP) is 3.13. The van der Waals surface area contributed by atoms with Crippen molar-refractivity contribution in [3.8, 4) is 0 Å². The lowest BCUT2D eigenvalue weighted by Crippen LogP contribution is -2.42. The maximum atomic E-state index is 12.8. The van der Waals surface area contributed by atoms with Crippen LogP contribution in [0, 0.1) is 0 Å². The van der Waals surface area contributed by atoms with E-state index in [9.17, 15) is 14.7 Å². The molecule has 0 saturated carbocycles. The topological polar surface area (TPSA) is 57.6 Å². The van der Waals surface area contributed by atoms with Gasteiger partial charge in [0.15, 0.2) is 11.4 Å². The van der Waals surface area contributed by atoms with Gasteiger partial charge in [0.25, 0.3) is 5.91 Å². The Labute approximate surface area is 138 Å². The van der Waals surface area contributed by atoms with Crippen LogP contribution in [0.15, 0.2) is 53.9 Å². The minimum Gasteiger partial charge on any atom is -0.375 e. The Kier molecular flexibility index (Phi) is 3.92. The molecule has 5 heteroatoms. The van der Waals surface area contributed by atoms with E-state index in [0.29, 0.717) is 22.7 Å². The van der Waals surface area contributed by atoms with Gasteiger partial charge in [0.2, 0.25) is 0 Å². The number of carbonyl (C=O) groups is 2. The number of hydrogen-bond donors (Lipinski definition) is 1. The number of rotatable bonds is 5. The number of Topliss-reactive ketones (excluding diaryl/α,β-unsaturated/α-hetero) is 1. The Morgan fingerprint density at radius 2 is 2.04 bits per heavy atom. The number of nitrogens with zero attached hydrogens (tertiary/aromatic N) is 1. The van der Waals surface area contributed by atoms with Gasteiger partial charge in [-0.3, -0.25) is 9.59 Å². The molecular weight excluding hydrogens is 310 g/mol. The summed E-state index contributed by atoms with van der Waals surface area (Å²) in [6, 6.07) is 10.5. The number of benzene rings is 1. The number of ketones is 1. The molecule has 118 valence electrons. The van der Waals surface area contributed by atoms with Crippen molar-refractivity contribution < 1.29 is 14.7 Å². The van der Waals surface area contributed by atoms with Crippen LogP contribution in [0.2, 0.25) is 0 Å². The number of carbonyl (C=O) groups excluding carboxylic acids is 2. The van der Waals surface area contributed by atoms with Crippen LogP contribution in [0.3, 0.4) is 0 Å². The van der Waals surface area contributed by atoms with Gasteiger partial charge in [0, 0.05) is 12.1 Å². The van der Waals surface area contributed by atoms with Crippen molar-refractivity contribution in [3.63, 3.8) is 0 Å². The Bertz CT molecular complexity index is 781. The van der Waals surface area contributed by atoms with E-state index in [1.807, 2.05) is 13.0 Å². The summed E-state index contributed by atoms with van der Waals surface area (Å²) in [6.45, 7) is 5.98. The summed E-state index contributed by atoms with van der Waals surface area (Å²) < 4.78 is 0. The quantitative estimate of drug-likeness (QED) is 0.678. The van der Waals surface area contributed by atoms with E-state index in [1.54, 1.807) is 35.7 Å². The van der Waals surface area contributed by atoms with Gasteiger partial charge >= 0.3 is 0 Å². The number of anilines is 1. The number of hydrogen-bond acceptors (Lipinski definition) is 4. The molecule has 0 fully saturated rings. The molecule has 0 bridgehead atoms. The van der Waals surface area contributed by atoms with Gasteiger partial charge in [-0.05, 0) is 24.4 Å². The first-order valence-electron chi connectivity index (χ1n) is 7.28. The third-order valence-corrected chi connectivity index (χ3v) is 4.79. The van der Waals surface area contributed by atoms with Crippen molar-refractivity contribution in [1.29, 1.82) is 0 Å². The molecule has 0 aliphatic carbocycles. The summed E-state index contributed by atoms with van der Waals surface area (Å²) in [4.78, 5) is 27.3. The van der Waals surface area contributed by atoms with E-state index < -0.39 is 11.5 Å². The maximum absolute atomic E-state index is 12.8. The fourth-order valence-electron chi connectivity index (χ4n) is 2.86. The molecule has 1 aliphatic rings. The molecule has 1 aromatic heterocycles. The highest BCUT2D eigenvalue weighted by Gasteiger charge is 2.50. The molecule has 0 unspecified atom stereocenters. The molecule has 0 radical (unpaired) electrons. The Morgan fingerprint density at radius 1 is 1.30 bits per heavy atom. The first-order chi connectivity index (χ1) is 10.9. The molecule has 1 aliphatic heterocycles. The fraction of sp³-hybridized carbons (Fsp3) is 0.222. The Hall–Kier alpha value is -2.24. The normalized spacial score (nSPS) is 19.7. The molecular formula is C18H17NO3S. The molecule has 1 aromatic carbocycles. The molecule has 1 N–H and O–H groups in total. The van der Waals surface area contributed by atoms with Gasteiger partial charge in [-0.2, -0.15) is 0 Å². The van der Waals surface area contributed by atoms with E-state index in [1.165, 1.54) is 16.2 Å². The van der Waals surface area contributed by atoms with Gasteiger partial charge in [-0.1, -0.05) is 36.4 Å². The summed E-state index contributed by atoms with van der Waals surface area (Å²) in [7, 11) is 0. The first-order valence-corrected chi connectivity index (χ1v) is 8.16. The molecule has 0 saturated heterocycles. The summed E-state index contributed by atoms with van der Waals surface area (Å²) >= 11 is 1.31. The second kappa shape index (κ2) is 5.76. The van der Waals surface area contributed by atoms with E-state index in [4.69, 9.17) is 0 Å². The average Bonchev–Trinajstić information content (AvgIpc) is 3.11. The van der Waals surface area contributed by atoms with Crippen LogP contribution in [0.1, 0.15) is 28.6 Å².